The molecule has 22 heavy (non-hydrogen) atoms. The summed E-state index contributed by atoms with van der Waals surface area (Å²) >= 11 is 0. The van der Waals surface area contributed by atoms with E-state index >= 15 is 0 Å². The van der Waals surface area contributed by atoms with Crippen LogP contribution in [0.2, 0.25) is 0 Å². The van der Waals surface area contributed by atoms with Crippen LogP contribution in [0.25, 0.3) is 0 Å². The second-order valence-corrected chi connectivity index (χ2v) is 5.83. The topological polar surface area (TPSA) is 54.6 Å². The third-order valence-corrected chi connectivity index (χ3v) is 3.44. The predicted molar refractivity (Wildman–Crippen MR) is 87.0 cm³/mol. The van der Waals surface area contributed by atoms with E-state index in [2.05, 4.69) is 5.32 Å². The first-order valence-corrected chi connectivity index (χ1v) is 7.70. The average Bonchev–Trinajstić information content (AvgIpc) is 2.91. The van der Waals surface area contributed by atoms with Crippen LogP contribution in [0.5, 0.6) is 5.75 Å². The van der Waals surface area contributed by atoms with Crippen molar-refractivity contribution in [1.29, 1.82) is 0 Å². The number of nitrogens with one attached hydrogen (secondary N) is 1. The molecule has 0 aliphatic carbocycles. The number of ether oxygens (including phenoxy) is 1. The van der Waals surface area contributed by atoms with Crippen LogP contribution in [0.4, 0.5) is 0 Å². The molecule has 0 amide bonds. The summed E-state index contributed by atoms with van der Waals surface area (Å²) in [5, 5.41) is 13.5. The summed E-state index contributed by atoms with van der Waals surface area (Å²) < 4.78 is 11.2. The van der Waals surface area contributed by atoms with Crippen LogP contribution in [0.1, 0.15) is 50.0 Å². The lowest BCUT2D eigenvalue weighted by Crippen LogP contribution is -2.24. The van der Waals surface area contributed by atoms with Crippen molar-refractivity contribution in [1.82, 2.24) is 5.32 Å². The van der Waals surface area contributed by atoms with Crippen LogP contribution < -0.4 is 10.1 Å². The Hall–Kier alpha value is -1.78. The first-order chi connectivity index (χ1) is 10.5. The summed E-state index contributed by atoms with van der Waals surface area (Å²) in [7, 11) is 0. The van der Waals surface area contributed by atoms with Gasteiger partial charge in [0.05, 0.1) is 18.2 Å². The number of aryl methyl sites for hydroxylation is 1. The standard InChI is InChI=1S/C18H25NO3/c1-12(2)21-16-8-6-15(7-9-16)17(20)11-19-14(4)18-10-5-13(3)22-18/h5-10,12,14,17,19-20H,11H2,1-4H3. The molecule has 120 valence electrons. The van der Waals surface area contributed by atoms with Gasteiger partial charge in [0.1, 0.15) is 17.3 Å². The largest absolute Gasteiger partial charge is 0.491 e. The van der Waals surface area contributed by atoms with Crippen LogP contribution >= 0.6 is 0 Å². The SMILES string of the molecule is Cc1ccc(C(C)NCC(O)c2ccc(OC(C)C)cc2)o1. The monoisotopic (exact) mass is 303 g/mol. The average molecular weight is 303 g/mol. The molecule has 0 bridgehead atoms. The predicted octanol–water partition coefficient (Wildman–Crippen LogP) is 3.76. The quantitative estimate of drug-likeness (QED) is 0.817. The van der Waals surface area contributed by atoms with Crippen molar-refractivity contribution in [2.45, 2.75) is 45.9 Å². The molecule has 0 saturated heterocycles. The number of aliphatic hydroxyl groups excluding tert-OH is 1. The van der Waals surface area contributed by atoms with E-state index in [-0.39, 0.29) is 12.1 Å². The van der Waals surface area contributed by atoms with Gasteiger partial charge < -0.3 is 19.6 Å². The third-order valence-electron chi connectivity index (χ3n) is 3.44. The maximum atomic E-state index is 10.3. The first kappa shape index (κ1) is 16.6. The van der Waals surface area contributed by atoms with Gasteiger partial charge in [-0.25, -0.2) is 0 Å². The summed E-state index contributed by atoms with van der Waals surface area (Å²) in [6.07, 6.45) is -0.415. The molecule has 2 atom stereocenters. The van der Waals surface area contributed by atoms with Gasteiger partial charge in [-0.2, -0.15) is 0 Å². The Labute approximate surface area is 132 Å². The molecule has 0 fully saturated rings. The fourth-order valence-corrected chi connectivity index (χ4v) is 2.23. The van der Waals surface area contributed by atoms with Crippen molar-refractivity contribution < 1.29 is 14.3 Å². The van der Waals surface area contributed by atoms with Gasteiger partial charge in [-0.3, -0.25) is 0 Å². The Morgan fingerprint density at radius 1 is 1.09 bits per heavy atom. The zero-order chi connectivity index (χ0) is 16.1. The lowest BCUT2D eigenvalue weighted by molar-refractivity contribution is 0.169. The Bertz CT molecular complexity index is 574. The third kappa shape index (κ3) is 4.61. The molecule has 1 aromatic heterocycles. The fourth-order valence-electron chi connectivity index (χ4n) is 2.23. The number of benzene rings is 1. The van der Waals surface area contributed by atoms with Crippen LogP contribution in [-0.2, 0) is 0 Å². The van der Waals surface area contributed by atoms with Gasteiger partial charge in [-0.05, 0) is 57.5 Å². The molecule has 0 aliphatic heterocycles. The molecule has 0 radical (unpaired) electrons. The van der Waals surface area contributed by atoms with Crippen molar-refractivity contribution in [2.24, 2.45) is 0 Å². The molecule has 2 rings (SSSR count). The maximum absolute atomic E-state index is 10.3. The highest BCUT2D eigenvalue weighted by Gasteiger charge is 2.13. The van der Waals surface area contributed by atoms with Crippen molar-refractivity contribution in [3.05, 3.63) is 53.5 Å². The van der Waals surface area contributed by atoms with Crippen molar-refractivity contribution >= 4 is 0 Å². The van der Waals surface area contributed by atoms with Gasteiger partial charge in [0.15, 0.2) is 0 Å². The normalized spacial score (nSPS) is 14.1. The van der Waals surface area contributed by atoms with E-state index in [1.165, 1.54) is 0 Å². The summed E-state index contributed by atoms with van der Waals surface area (Å²) in [6.45, 7) is 8.39. The lowest BCUT2D eigenvalue weighted by Gasteiger charge is -2.17. The second kappa shape index (κ2) is 7.47. The molecule has 1 heterocycles. The van der Waals surface area contributed by atoms with Crippen molar-refractivity contribution in [2.75, 3.05) is 6.54 Å². The van der Waals surface area contributed by atoms with Crippen LogP contribution in [0.15, 0.2) is 40.8 Å². The van der Waals surface area contributed by atoms with Gasteiger partial charge in [0.25, 0.3) is 0 Å². The molecular weight excluding hydrogens is 278 g/mol. The molecule has 0 aliphatic rings. The molecule has 4 nitrogen and oxygen atoms in total. The summed E-state index contributed by atoms with van der Waals surface area (Å²) in [5.41, 5.74) is 0.867. The summed E-state index contributed by atoms with van der Waals surface area (Å²) in [5.74, 6) is 2.59. The van der Waals surface area contributed by atoms with Gasteiger partial charge in [0, 0.05) is 6.54 Å². The molecule has 1 aromatic carbocycles. The van der Waals surface area contributed by atoms with Gasteiger partial charge in [-0.1, -0.05) is 12.1 Å². The van der Waals surface area contributed by atoms with Gasteiger partial charge in [0.2, 0.25) is 0 Å². The van der Waals surface area contributed by atoms with E-state index in [9.17, 15) is 5.11 Å². The number of rotatable bonds is 7. The highest BCUT2D eigenvalue weighted by Crippen LogP contribution is 2.20. The number of hydrogen-bond acceptors (Lipinski definition) is 4. The summed E-state index contributed by atoms with van der Waals surface area (Å²) in [4.78, 5) is 0. The molecule has 0 spiro atoms. The van der Waals surface area contributed by atoms with Crippen molar-refractivity contribution in [3.8, 4) is 5.75 Å². The molecule has 2 unspecified atom stereocenters. The highest BCUT2D eigenvalue weighted by molar-refractivity contribution is 5.28. The Morgan fingerprint density at radius 3 is 2.32 bits per heavy atom. The highest BCUT2D eigenvalue weighted by atomic mass is 16.5. The zero-order valence-corrected chi connectivity index (χ0v) is 13.7. The first-order valence-electron chi connectivity index (χ1n) is 7.70. The number of furan rings is 1. The van der Waals surface area contributed by atoms with E-state index in [1.54, 1.807) is 0 Å². The maximum Gasteiger partial charge on any atom is 0.120 e. The van der Waals surface area contributed by atoms with Crippen LogP contribution in [0.3, 0.4) is 0 Å². The molecular formula is C18H25NO3. The fraction of sp³-hybridized carbons (Fsp3) is 0.444. The van der Waals surface area contributed by atoms with E-state index in [1.807, 2.05) is 64.1 Å². The number of aliphatic hydroxyl groups is 1. The number of hydrogen-bond donors (Lipinski definition) is 2. The lowest BCUT2D eigenvalue weighted by atomic mass is 10.1. The van der Waals surface area contributed by atoms with Crippen LogP contribution in [0, 0.1) is 6.92 Å². The minimum atomic E-state index is -0.563. The molecule has 4 heteroatoms. The Balaban J connectivity index is 1.87. The Kier molecular flexibility index (Phi) is 5.63. The van der Waals surface area contributed by atoms with Gasteiger partial charge >= 0.3 is 0 Å². The molecule has 0 saturated carbocycles. The smallest absolute Gasteiger partial charge is 0.120 e. The second-order valence-electron chi connectivity index (χ2n) is 5.83. The van der Waals surface area contributed by atoms with Crippen LogP contribution in [-0.4, -0.2) is 17.8 Å². The zero-order valence-electron chi connectivity index (χ0n) is 13.7. The molecule has 2 aromatic rings. The van der Waals surface area contributed by atoms with E-state index in [4.69, 9.17) is 9.15 Å². The molecule has 2 N–H and O–H groups in total. The van der Waals surface area contributed by atoms with E-state index in [0.717, 1.165) is 22.8 Å². The van der Waals surface area contributed by atoms with E-state index < -0.39 is 6.10 Å². The minimum absolute atomic E-state index is 0.0619. The summed E-state index contributed by atoms with van der Waals surface area (Å²) in [6, 6.07) is 11.5. The van der Waals surface area contributed by atoms with Crippen molar-refractivity contribution in [3.63, 3.8) is 0 Å². The van der Waals surface area contributed by atoms with E-state index in [0.29, 0.717) is 6.54 Å². The van der Waals surface area contributed by atoms with Gasteiger partial charge in [-0.15, -0.1) is 0 Å². The minimum Gasteiger partial charge on any atom is -0.491 e. The Morgan fingerprint density at radius 2 is 1.77 bits per heavy atom.